The number of carbonyl (C=O) groups excluding carboxylic acids is 1. The van der Waals surface area contributed by atoms with Gasteiger partial charge in [0.2, 0.25) is 5.75 Å². The molecule has 7 nitrogen and oxygen atoms in total. The molecule has 1 fully saturated rings. The minimum atomic E-state index is -0.148. The summed E-state index contributed by atoms with van der Waals surface area (Å²) in [5, 5.41) is 0. The molecule has 184 valence electrons. The summed E-state index contributed by atoms with van der Waals surface area (Å²) in [4.78, 5) is 18.0. The van der Waals surface area contributed by atoms with E-state index in [9.17, 15) is 4.79 Å². The standard InChI is InChI=1S/C28H33N3O4/c1-6-31-22-16-19(2)9-10-21(22)30-13-7-8-25(30)28(31)11-14-29(15-12-28)27(32)20-17-23(33-3)26(35-5)24(18-20)34-4/h7-10,13,16-18H,6,11-12,14-15H2,1-5H3. The minimum absolute atomic E-state index is 0.0235. The smallest absolute Gasteiger partial charge is 0.254 e. The molecule has 3 aromatic rings. The molecule has 35 heavy (non-hydrogen) atoms. The lowest BCUT2D eigenvalue weighted by atomic mass is 9.80. The number of likely N-dealkylation sites (tertiary alicyclic amines) is 1. The van der Waals surface area contributed by atoms with Gasteiger partial charge in [-0.1, -0.05) is 6.07 Å². The van der Waals surface area contributed by atoms with Gasteiger partial charge in [0.15, 0.2) is 11.5 Å². The van der Waals surface area contributed by atoms with Crippen LogP contribution in [0.15, 0.2) is 48.7 Å². The molecule has 1 aromatic heterocycles. The van der Waals surface area contributed by atoms with Gasteiger partial charge in [-0.05, 0) is 68.7 Å². The van der Waals surface area contributed by atoms with Crippen LogP contribution in [0.5, 0.6) is 17.2 Å². The zero-order valence-electron chi connectivity index (χ0n) is 21.1. The molecule has 1 saturated heterocycles. The van der Waals surface area contributed by atoms with Crippen molar-refractivity contribution in [3.63, 3.8) is 0 Å². The van der Waals surface area contributed by atoms with Crippen LogP contribution in [0.25, 0.3) is 5.69 Å². The van der Waals surface area contributed by atoms with E-state index in [0.717, 1.165) is 19.4 Å². The van der Waals surface area contributed by atoms with Gasteiger partial charge < -0.3 is 28.6 Å². The molecule has 2 aliphatic heterocycles. The number of aryl methyl sites for hydroxylation is 1. The number of hydrogen-bond donors (Lipinski definition) is 0. The number of rotatable bonds is 5. The van der Waals surface area contributed by atoms with Crippen molar-refractivity contribution in [3.8, 4) is 22.9 Å². The van der Waals surface area contributed by atoms with Crippen molar-refractivity contribution in [2.45, 2.75) is 32.2 Å². The van der Waals surface area contributed by atoms with Crippen LogP contribution in [0.4, 0.5) is 5.69 Å². The summed E-state index contributed by atoms with van der Waals surface area (Å²) in [7, 11) is 4.69. The Morgan fingerprint density at radius 1 is 0.943 bits per heavy atom. The lowest BCUT2D eigenvalue weighted by Gasteiger charge is -2.53. The first-order valence-corrected chi connectivity index (χ1v) is 12.1. The van der Waals surface area contributed by atoms with Crippen LogP contribution in [-0.2, 0) is 5.54 Å². The highest BCUT2D eigenvalue weighted by Crippen LogP contribution is 2.48. The number of amides is 1. The highest BCUT2D eigenvalue weighted by Gasteiger charge is 2.47. The molecule has 3 heterocycles. The molecule has 0 radical (unpaired) electrons. The Balaban J connectivity index is 1.46. The third-order valence-electron chi connectivity index (χ3n) is 7.53. The lowest BCUT2D eigenvalue weighted by Crippen LogP contribution is -2.57. The largest absolute Gasteiger partial charge is 0.493 e. The summed E-state index contributed by atoms with van der Waals surface area (Å²) in [6.45, 7) is 6.60. The predicted octanol–water partition coefficient (Wildman–Crippen LogP) is 4.78. The van der Waals surface area contributed by atoms with Gasteiger partial charge in [0.1, 0.15) is 0 Å². The lowest BCUT2D eigenvalue weighted by molar-refractivity contribution is 0.0655. The summed E-state index contributed by atoms with van der Waals surface area (Å²) in [5.74, 6) is 1.43. The number of carbonyl (C=O) groups is 1. The number of methoxy groups -OCH3 is 3. The number of aromatic nitrogens is 1. The van der Waals surface area contributed by atoms with Crippen molar-refractivity contribution >= 4 is 11.6 Å². The maximum absolute atomic E-state index is 13.6. The van der Waals surface area contributed by atoms with Gasteiger partial charge in [-0.15, -0.1) is 0 Å². The molecule has 1 amide bonds. The van der Waals surface area contributed by atoms with Crippen LogP contribution < -0.4 is 19.1 Å². The third kappa shape index (κ3) is 3.52. The number of anilines is 1. The van der Waals surface area contributed by atoms with E-state index in [4.69, 9.17) is 14.2 Å². The Hall–Kier alpha value is -3.61. The van der Waals surface area contributed by atoms with E-state index in [2.05, 4.69) is 59.8 Å². The maximum Gasteiger partial charge on any atom is 0.254 e. The fourth-order valence-electron chi connectivity index (χ4n) is 5.86. The Morgan fingerprint density at radius 2 is 1.63 bits per heavy atom. The van der Waals surface area contributed by atoms with Gasteiger partial charge >= 0.3 is 0 Å². The van der Waals surface area contributed by atoms with Crippen molar-refractivity contribution in [3.05, 3.63) is 65.5 Å². The summed E-state index contributed by atoms with van der Waals surface area (Å²) in [6.07, 6.45) is 3.87. The van der Waals surface area contributed by atoms with Gasteiger partial charge in [0.05, 0.1) is 38.2 Å². The molecular weight excluding hydrogens is 442 g/mol. The van der Waals surface area contributed by atoms with Crippen LogP contribution in [0, 0.1) is 6.92 Å². The van der Waals surface area contributed by atoms with Crippen molar-refractivity contribution in [2.24, 2.45) is 0 Å². The third-order valence-corrected chi connectivity index (χ3v) is 7.53. The van der Waals surface area contributed by atoms with Crippen LogP contribution >= 0.6 is 0 Å². The number of hydrogen-bond acceptors (Lipinski definition) is 5. The molecular formula is C28H33N3O4. The highest BCUT2D eigenvalue weighted by atomic mass is 16.5. The van der Waals surface area contributed by atoms with Crippen LogP contribution in [0.2, 0.25) is 0 Å². The second kappa shape index (κ2) is 8.87. The van der Waals surface area contributed by atoms with Crippen LogP contribution in [0.1, 0.15) is 41.4 Å². The van der Waals surface area contributed by atoms with E-state index in [-0.39, 0.29) is 11.4 Å². The van der Waals surface area contributed by atoms with E-state index in [1.54, 1.807) is 33.5 Å². The molecule has 5 rings (SSSR count). The first kappa shape index (κ1) is 23.1. The van der Waals surface area contributed by atoms with Gasteiger partial charge in [0.25, 0.3) is 5.91 Å². The van der Waals surface area contributed by atoms with E-state index in [1.165, 1.54) is 22.6 Å². The average Bonchev–Trinajstić information content (AvgIpc) is 3.39. The van der Waals surface area contributed by atoms with Gasteiger partial charge in [-0.3, -0.25) is 4.79 Å². The van der Waals surface area contributed by atoms with Crippen molar-refractivity contribution < 1.29 is 19.0 Å². The topological polar surface area (TPSA) is 56.2 Å². The molecule has 0 atom stereocenters. The molecule has 0 unspecified atom stereocenters. The summed E-state index contributed by atoms with van der Waals surface area (Å²) in [5.41, 5.74) is 5.43. The van der Waals surface area contributed by atoms with Crippen LogP contribution in [0.3, 0.4) is 0 Å². The molecule has 0 bridgehead atoms. The summed E-state index contributed by atoms with van der Waals surface area (Å²) >= 11 is 0. The highest BCUT2D eigenvalue weighted by molar-refractivity contribution is 5.95. The number of ether oxygens (including phenoxy) is 3. The predicted molar refractivity (Wildman–Crippen MR) is 136 cm³/mol. The second-order valence-electron chi connectivity index (χ2n) is 9.24. The Labute approximate surface area is 206 Å². The SMILES string of the molecule is CCN1c2cc(C)ccc2-n2cccc2C12CCN(C(=O)c1cc(OC)c(OC)c(OC)c1)CC2. The monoisotopic (exact) mass is 475 g/mol. The van der Waals surface area contributed by atoms with Crippen LogP contribution in [-0.4, -0.2) is 56.3 Å². The van der Waals surface area contributed by atoms with Gasteiger partial charge in [0, 0.05) is 37.1 Å². The van der Waals surface area contributed by atoms with E-state index < -0.39 is 0 Å². The minimum Gasteiger partial charge on any atom is -0.493 e. The van der Waals surface area contributed by atoms with Gasteiger partial charge in [-0.25, -0.2) is 0 Å². The van der Waals surface area contributed by atoms with E-state index >= 15 is 0 Å². The Kier molecular flexibility index (Phi) is 5.87. The zero-order chi connectivity index (χ0) is 24.7. The number of nitrogens with zero attached hydrogens (tertiary/aromatic N) is 3. The molecule has 1 spiro atoms. The number of piperidine rings is 1. The average molecular weight is 476 g/mol. The fraction of sp³-hybridized carbons (Fsp3) is 0.393. The first-order valence-electron chi connectivity index (χ1n) is 12.1. The molecule has 0 saturated carbocycles. The number of fused-ring (bicyclic) bond motifs is 4. The molecule has 2 aliphatic rings. The maximum atomic E-state index is 13.6. The van der Waals surface area contributed by atoms with Crippen molar-refractivity contribution in [1.82, 2.24) is 9.47 Å². The molecule has 2 aromatic carbocycles. The van der Waals surface area contributed by atoms with E-state index in [1.807, 2.05) is 4.90 Å². The molecule has 7 heteroatoms. The fourth-order valence-corrected chi connectivity index (χ4v) is 5.86. The van der Waals surface area contributed by atoms with Crippen molar-refractivity contribution in [1.29, 1.82) is 0 Å². The Morgan fingerprint density at radius 3 is 2.23 bits per heavy atom. The normalized spacial score (nSPS) is 16.0. The summed E-state index contributed by atoms with van der Waals surface area (Å²) in [6, 6.07) is 14.5. The first-order chi connectivity index (χ1) is 17.0. The molecule has 0 aliphatic carbocycles. The van der Waals surface area contributed by atoms with Gasteiger partial charge in [-0.2, -0.15) is 0 Å². The number of benzene rings is 2. The summed E-state index contributed by atoms with van der Waals surface area (Å²) < 4.78 is 18.7. The zero-order valence-corrected chi connectivity index (χ0v) is 21.1. The van der Waals surface area contributed by atoms with Crippen molar-refractivity contribution in [2.75, 3.05) is 45.9 Å². The van der Waals surface area contributed by atoms with E-state index in [0.29, 0.717) is 35.9 Å². The molecule has 0 N–H and O–H groups in total. The Bertz CT molecular complexity index is 1230. The quantitative estimate of drug-likeness (QED) is 0.532. The second-order valence-corrected chi connectivity index (χ2v) is 9.24.